The van der Waals surface area contributed by atoms with Gasteiger partial charge in [-0.15, -0.1) is 0 Å². The van der Waals surface area contributed by atoms with Crippen LogP contribution in [0.25, 0.3) is 0 Å². The molecule has 21 heavy (non-hydrogen) atoms. The van der Waals surface area contributed by atoms with Gasteiger partial charge in [0.15, 0.2) is 0 Å². The van der Waals surface area contributed by atoms with Crippen LogP contribution >= 0.6 is 0 Å². The Kier molecular flexibility index (Phi) is 5.15. The lowest BCUT2D eigenvalue weighted by atomic mass is 10.1. The molecule has 1 heterocycles. The highest BCUT2D eigenvalue weighted by molar-refractivity contribution is 5.69. The number of carbonyl (C=O) groups is 1. The molecule has 0 unspecified atom stereocenters. The van der Waals surface area contributed by atoms with Gasteiger partial charge < -0.3 is 15.2 Å². The second-order valence-corrected chi connectivity index (χ2v) is 4.58. The predicted molar refractivity (Wildman–Crippen MR) is 79.8 cm³/mol. The molecule has 5 heteroatoms. The number of pyridine rings is 1. The number of nitrogens with zero attached hydrogens (tertiary/aromatic N) is 1. The van der Waals surface area contributed by atoms with E-state index in [0.29, 0.717) is 24.4 Å². The van der Waals surface area contributed by atoms with E-state index in [1.54, 1.807) is 12.3 Å². The minimum absolute atomic E-state index is 0.159. The van der Waals surface area contributed by atoms with Gasteiger partial charge in [0, 0.05) is 18.3 Å². The van der Waals surface area contributed by atoms with Gasteiger partial charge in [0.1, 0.15) is 6.61 Å². The maximum atomic E-state index is 11.8. The molecule has 2 N–H and O–H groups in total. The fraction of sp³-hybridized carbons (Fsp3) is 0.250. The average Bonchev–Trinajstić information content (AvgIpc) is 2.51. The quantitative estimate of drug-likeness (QED) is 0.651. The molecule has 0 aliphatic heterocycles. The van der Waals surface area contributed by atoms with Crippen molar-refractivity contribution in [3.05, 3.63) is 53.7 Å². The number of hydrogen-bond donors (Lipinski definition) is 1. The van der Waals surface area contributed by atoms with Crippen LogP contribution in [0, 0.1) is 0 Å². The van der Waals surface area contributed by atoms with Crippen molar-refractivity contribution in [1.29, 1.82) is 0 Å². The summed E-state index contributed by atoms with van der Waals surface area (Å²) in [6.07, 6.45) is 2.55. The van der Waals surface area contributed by atoms with Crippen LogP contribution in [0.5, 0.6) is 5.88 Å². The van der Waals surface area contributed by atoms with Gasteiger partial charge in [-0.2, -0.15) is 0 Å². The average molecular weight is 286 g/mol. The van der Waals surface area contributed by atoms with E-state index in [2.05, 4.69) is 4.98 Å². The highest BCUT2D eigenvalue weighted by Gasteiger charge is 2.08. The Hall–Kier alpha value is -2.56. The van der Waals surface area contributed by atoms with Crippen molar-refractivity contribution in [2.45, 2.75) is 19.4 Å². The zero-order chi connectivity index (χ0) is 15.1. The Morgan fingerprint density at radius 3 is 2.90 bits per heavy atom. The van der Waals surface area contributed by atoms with E-state index < -0.39 is 0 Å². The minimum Gasteiger partial charge on any atom is -0.481 e. The summed E-state index contributed by atoms with van der Waals surface area (Å²) in [7, 11) is 1.54. The molecule has 1 aromatic heterocycles. The molecule has 5 nitrogen and oxygen atoms in total. The number of aromatic nitrogens is 1. The van der Waals surface area contributed by atoms with Crippen molar-refractivity contribution < 1.29 is 14.3 Å². The molecule has 2 rings (SSSR count). The van der Waals surface area contributed by atoms with Crippen LogP contribution in [0.2, 0.25) is 0 Å². The number of methoxy groups -OCH3 is 1. The molecule has 2 aromatic rings. The first-order valence-electron chi connectivity index (χ1n) is 6.67. The predicted octanol–water partition coefficient (Wildman–Crippen LogP) is 2.35. The van der Waals surface area contributed by atoms with Crippen LogP contribution in [0.3, 0.4) is 0 Å². The molecule has 110 valence electrons. The summed E-state index contributed by atoms with van der Waals surface area (Å²) in [6.45, 7) is 0.159. The molecule has 0 radical (unpaired) electrons. The highest BCUT2D eigenvalue weighted by Crippen LogP contribution is 2.15. The van der Waals surface area contributed by atoms with E-state index in [1.807, 2.05) is 30.3 Å². The monoisotopic (exact) mass is 286 g/mol. The Labute approximate surface area is 123 Å². The number of rotatable bonds is 6. The number of nitrogens with two attached hydrogens (primary N) is 1. The molecule has 0 spiro atoms. The van der Waals surface area contributed by atoms with Gasteiger partial charge in [-0.1, -0.05) is 12.1 Å². The molecule has 0 bridgehead atoms. The Morgan fingerprint density at radius 1 is 1.29 bits per heavy atom. The molecule has 1 aromatic carbocycles. The molecule has 0 aliphatic rings. The zero-order valence-corrected chi connectivity index (χ0v) is 11.9. The third-order valence-electron chi connectivity index (χ3n) is 3.00. The largest absolute Gasteiger partial charge is 0.481 e. The van der Waals surface area contributed by atoms with E-state index in [1.165, 1.54) is 7.11 Å². The SMILES string of the molecule is COc1ncccc1COC(=O)CCc1cccc(N)c1. The molecular formula is C16H18N2O3. The van der Waals surface area contributed by atoms with E-state index in [0.717, 1.165) is 11.1 Å². The van der Waals surface area contributed by atoms with Crippen molar-refractivity contribution in [2.24, 2.45) is 0 Å². The highest BCUT2D eigenvalue weighted by atomic mass is 16.5. The summed E-state index contributed by atoms with van der Waals surface area (Å²) in [5.74, 6) is 0.212. The summed E-state index contributed by atoms with van der Waals surface area (Å²) >= 11 is 0. The standard InChI is InChI=1S/C16H18N2O3/c1-20-16-13(5-3-9-18-16)11-21-15(19)8-7-12-4-2-6-14(17)10-12/h2-6,9-10H,7-8,11,17H2,1H3. The van der Waals surface area contributed by atoms with Crippen LogP contribution in [0.1, 0.15) is 17.5 Å². The van der Waals surface area contributed by atoms with Gasteiger partial charge in [0.05, 0.1) is 12.7 Å². The number of ether oxygens (including phenoxy) is 2. The smallest absolute Gasteiger partial charge is 0.306 e. The first-order valence-corrected chi connectivity index (χ1v) is 6.67. The summed E-state index contributed by atoms with van der Waals surface area (Å²) in [6, 6.07) is 11.1. The third kappa shape index (κ3) is 4.49. The summed E-state index contributed by atoms with van der Waals surface area (Å²) in [5, 5.41) is 0. The molecule has 0 fully saturated rings. The minimum atomic E-state index is -0.261. The van der Waals surface area contributed by atoms with Crippen LogP contribution in [-0.2, 0) is 22.6 Å². The fourth-order valence-electron chi connectivity index (χ4n) is 1.94. The fourth-order valence-corrected chi connectivity index (χ4v) is 1.94. The number of hydrogen-bond acceptors (Lipinski definition) is 5. The Bertz CT molecular complexity index is 614. The van der Waals surface area contributed by atoms with Crippen LogP contribution in [0.4, 0.5) is 5.69 Å². The molecule has 0 saturated carbocycles. The third-order valence-corrected chi connectivity index (χ3v) is 3.00. The molecule has 0 saturated heterocycles. The first-order chi connectivity index (χ1) is 10.2. The van der Waals surface area contributed by atoms with E-state index in [-0.39, 0.29) is 12.6 Å². The van der Waals surface area contributed by atoms with Gasteiger partial charge >= 0.3 is 5.97 Å². The van der Waals surface area contributed by atoms with Crippen LogP contribution in [0.15, 0.2) is 42.6 Å². The van der Waals surface area contributed by atoms with Gasteiger partial charge in [-0.25, -0.2) is 4.98 Å². The van der Waals surface area contributed by atoms with Gasteiger partial charge in [0.25, 0.3) is 0 Å². The van der Waals surface area contributed by atoms with Crippen molar-refractivity contribution in [3.63, 3.8) is 0 Å². The Morgan fingerprint density at radius 2 is 2.14 bits per heavy atom. The number of nitrogen functional groups attached to an aromatic ring is 1. The number of benzene rings is 1. The number of aryl methyl sites for hydroxylation is 1. The van der Waals surface area contributed by atoms with Crippen molar-refractivity contribution in [2.75, 3.05) is 12.8 Å². The number of esters is 1. The molecule has 0 atom stereocenters. The van der Waals surface area contributed by atoms with E-state index in [9.17, 15) is 4.79 Å². The Balaban J connectivity index is 1.82. The van der Waals surface area contributed by atoms with E-state index >= 15 is 0 Å². The molecular weight excluding hydrogens is 268 g/mol. The topological polar surface area (TPSA) is 74.4 Å². The maximum absolute atomic E-state index is 11.8. The van der Waals surface area contributed by atoms with Gasteiger partial charge in [0.2, 0.25) is 5.88 Å². The zero-order valence-electron chi connectivity index (χ0n) is 11.9. The van der Waals surface area contributed by atoms with Crippen molar-refractivity contribution in [3.8, 4) is 5.88 Å². The molecule has 0 aliphatic carbocycles. The summed E-state index contributed by atoms with van der Waals surface area (Å²) in [4.78, 5) is 15.8. The lowest BCUT2D eigenvalue weighted by Crippen LogP contribution is -2.07. The van der Waals surface area contributed by atoms with Crippen molar-refractivity contribution >= 4 is 11.7 Å². The van der Waals surface area contributed by atoms with Crippen LogP contribution in [-0.4, -0.2) is 18.1 Å². The molecule has 0 amide bonds. The normalized spacial score (nSPS) is 10.1. The lowest BCUT2D eigenvalue weighted by molar-refractivity contribution is -0.144. The summed E-state index contributed by atoms with van der Waals surface area (Å²) in [5.41, 5.74) is 8.16. The van der Waals surface area contributed by atoms with E-state index in [4.69, 9.17) is 15.2 Å². The van der Waals surface area contributed by atoms with Gasteiger partial charge in [-0.3, -0.25) is 4.79 Å². The first kappa shape index (κ1) is 14.8. The number of carbonyl (C=O) groups excluding carboxylic acids is 1. The van der Waals surface area contributed by atoms with Gasteiger partial charge in [-0.05, 0) is 36.2 Å². The second kappa shape index (κ2) is 7.28. The maximum Gasteiger partial charge on any atom is 0.306 e. The summed E-state index contributed by atoms with van der Waals surface area (Å²) < 4.78 is 10.3. The van der Waals surface area contributed by atoms with Crippen LogP contribution < -0.4 is 10.5 Å². The van der Waals surface area contributed by atoms with Crippen molar-refractivity contribution in [1.82, 2.24) is 4.98 Å². The number of anilines is 1. The second-order valence-electron chi connectivity index (χ2n) is 4.58. The lowest BCUT2D eigenvalue weighted by Gasteiger charge is -2.08.